The van der Waals surface area contributed by atoms with E-state index in [0.29, 0.717) is 30.8 Å². The van der Waals surface area contributed by atoms with Crippen molar-refractivity contribution in [2.45, 2.75) is 64.2 Å². The third-order valence-electron chi connectivity index (χ3n) is 7.39. The summed E-state index contributed by atoms with van der Waals surface area (Å²) in [6.45, 7) is 8.24. The van der Waals surface area contributed by atoms with Gasteiger partial charge < -0.3 is 14.0 Å². The Morgan fingerprint density at radius 3 is 2.60 bits per heavy atom. The van der Waals surface area contributed by atoms with Crippen molar-refractivity contribution in [1.29, 1.82) is 0 Å². The summed E-state index contributed by atoms with van der Waals surface area (Å²) >= 11 is 0. The molecule has 5 aromatic rings. The molecular formula is C29H32F2N6O2Si. The Balaban J connectivity index is 1.32. The second kappa shape index (κ2) is 10.7. The highest BCUT2D eigenvalue weighted by molar-refractivity contribution is 6.76. The van der Waals surface area contributed by atoms with Gasteiger partial charge >= 0.3 is 0 Å². The number of fused-ring (bicyclic) bond motifs is 2. The van der Waals surface area contributed by atoms with Gasteiger partial charge in [-0.3, -0.25) is 0 Å². The molecule has 208 valence electrons. The van der Waals surface area contributed by atoms with Crippen LogP contribution in [0.25, 0.3) is 28.1 Å². The molecule has 11 heteroatoms. The highest BCUT2D eigenvalue weighted by Crippen LogP contribution is 2.41. The van der Waals surface area contributed by atoms with Gasteiger partial charge in [0.25, 0.3) is 0 Å². The predicted molar refractivity (Wildman–Crippen MR) is 151 cm³/mol. The molecule has 1 saturated carbocycles. The molecule has 40 heavy (non-hydrogen) atoms. The Kier molecular flexibility index (Phi) is 7.09. The third kappa shape index (κ3) is 5.35. The van der Waals surface area contributed by atoms with E-state index in [9.17, 15) is 8.78 Å². The topological polar surface area (TPSA) is 79.4 Å². The monoisotopic (exact) mass is 562 g/mol. The lowest BCUT2D eigenvalue weighted by molar-refractivity contribution is 0.0850. The second-order valence-electron chi connectivity index (χ2n) is 11.5. The lowest BCUT2D eigenvalue weighted by Crippen LogP contribution is -2.22. The molecule has 0 amide bonds. The van der Waals surface area contributed by atoms with Gasteiger partial charge in [-0.1, -0.05) is 38.2 Å². The van der Waals surface area contributed by atoms with Crippen LogP contribution in [0.5, 0.6) is 5.88 Å². The van der Waals surface area contributed by atoms with Crippen molar-refractivity contribution in [2.24, 2.45) is 0 Å². The molecule has 0 bridgehead atoms. The van der Waals surface area contributed by atoms with Gasteiger partial charge in [0.2, 0.25) is 5.88 Å². The van der Waals surface area contributed by atoms with Crippen LogP contribution in [0.3, 0.4) is 0 Å². The fourth-order valence-electron chi connectivity index (χ4n) is 4.84. The number of nitrogens with zero attached hydrogens (tertiary/aromatic N) is 6. The van der Waals surface area contributed by atoms with E-state index in [4.69, 9.17) is 19.6 Å². The number of para-hydroxylation sites is 2. The quantitative estimate of drug-likeness (QED) is 0.141. The fraction of sp³-hybridized carbons (Fsp3) is 0.379. The molecule has 0 spiro atoms. The standard InChI is InChI=1S/C29H32F2N6O2Si/c1-40(2,3)14-13-38-18-36-25-10-5-4-9-24(25)32-27(36)17-39-29-22(19-7-6-8-19)16-26-33-34-28(37(26)35-29)21-12-11-20(30)15-23(21)31/h4-5,9-12,15-16,19H,6-8,13-14,17-18H2,1-3H3. The van der Waals surface area contributed by atoms with Gasteiger partial charge in [0.1, 0.15) is 30.8 Å². The maximum absolute atomic E-state index is 14.6. The van der Waals surface area contributed by atoms with Gasteiger partial charge in [-0.25, -0.2) is 13.8 Å². The lowest BCUT2D eigenvalue weighted by atomic mass is 9.80. The van der Waals surface area contributed by atoms with Gasteiger partial charge in [0.15, 0.2) is 11.5 Å². The van der Waals surface area contributed by atoms with Crippen molar-refractivity contribution in [3.8, 4) is 17.3 Å². The van der Waals surface area contributed by atoms with Crippen molar-refractivity contribution < 1.29 is 18.3 Å². The van der Waals surface area contributed by atoms with Crippen LogP contribution in [-0.4, -0.2) is 44.0 Å². The largest absolute Gasteiger partial charge is 0.468 e. The van der Waals surface area contributed by atoms with Crippen molar-refractivity contribution >= 4 is 24.8 Å². The molecule has 0 N–H and O–H groups in total. The smallest absolute Gasteiger partial charge is 0.235 e. The Bertz CT molecular complexity index is 1670. The zero-order chi connectivity index (χ0) is 27.9. The SMILES string of the molecule is C[Si](C)(C)CCOCn1c(COc2nn3c(-c4ccc(F)cc4F)nnc3cc2C2CCC2)nc2ccccc21. The molecule has 1 aliphatic carbocycles. The molecule has 0 atom stereocenters. The summed E-state index contributed by atoms with van der Waals surface area (Å²) in [6, 6.07) is 14.3. The summed E-state index contributed by atoms with van der Waals surface area (Å²) in [5.41, 5.74) is 3.39. The molecule has 0 unspecified atom stereocenters. The zero-order valence-corrected chi connectivity index (χ0v) is 23.9. The van der Waals surface area contributed by atoms with Gasteiger partial charge in [0.05, 0.1) is 16.6 Å². The van der Waals surface area contributed by atoms with Crippen molar-refractivity contribution in [2.75, 3.05) is 6.61 Å². The van der Waals surface area contributed by atoms with Crippen LogP contribution in [-0.2, 0) is 18.1 Å². The first-order chi connectivity index (χ1) is 19.3. The van der Waals surface area contributed by atoms with Crippen LogP contribution in [0.1, 0.15) is 36.6 Å². The fourth-order valence-corrected chi connectivity index (χ4v) is 5.60. The molecule has 3 aromatic heterocycles. The number of imidazole rings is 1. The number of ether oxygens (including phenoxy) is 2. The van der Waals surface area contributed by atoms with Crippen molar-refractivity contribution in [3.05, 3.63) is 71.6 Å². The second-order valence-corrected chi connectivity index (χ2v) is 17.2. The first-order valence-corrected chi connectivity index (χ1v) is 17.3. The average molecular weight is 563 g/mol. The highest BCUT2D eigenvalue weighted by Gasteiger charge is 2.27. The summed E-state index contributed by atoms with van der Waals surface area (Å²) in [6.07, 6.45) is 3.20. The summed E-state index contributed by atoms with van der Waals surface area (Å²) in [5.74, 6) is 0.249. The molecule has 0 saturated heterocycles. The van der Waals surface area contributed by atoms with E-state index >= 15 is 0 Å². The molecule has 6 rings (SSSR count). The first-order valence-electron chi connectivity index (χ1n) is 13.6. The number of hydrogen-bond acceptors (Lipinski definition) is 6. The third-order valence-corrected chi connectivity index (χ3v) is 9.10. The van der Waals surface area contributed by atoms with Crippen molar-refractivity contribution in [3.63, 3.8) is 0 Å². The Hall–Kier alpha value is -3.70. The molecule has 0 aliphatic heterocycles. The minimum Gasteiger partial charge on any atom is -0.468 e. The maximum atomic E-state index is 14.6. The van der Waals surface area contributed by atoms with E-state index in [0.717, 1.165) is 53.8 Å². The normalized spacial score (nSPS) is 14.2. The Morgan fingerprint density at radius 2 is 1.85 bits per heavy atom. The summed E-state index contributed by atoms with van der Waals surface area (Å²) in [5, 5.41) is 13.1. The Labute approximate surface area is 232 Å². The first kappa shape index (κ1) is 26.5. The molecule has 2 aromatic carbocycles. The van der Waals surface area contributed by atoms with Crippen LogP contribution in [0.15, 0.2) is 48.5 Å². The average Bonchev–Trinajstić information content (AvgIpc) is 3.44. The molecular weight excluding hydrogens is 530 g/mol. The van der Waals surface area contributed by atoms with Gasteiger partial charge in [0, 0.05) is 26.3 Å². The summed E-state index contributed by atoms with van der Waals surface area (Å²) in [4.78, 5) is 4.82. The van der Waals surface area contributed by atoms with E-state index in [-0.39, 0.29) is 18.0 Å². The van der Waals surface area contributed by atoms with E-state index in [2.05, 4.69) is 29.8 Å². The number of halogens is 2. The summed E-state index contributed by atoms with van der Waals surface area (Å²) < 4.78 is 44.1. The minimum absolute atomic E-state index is 0.112. The molecule has 1 fully saturated rings. The number of benzene rings is 2. The zero-order valence-electron chi connectivity index (χ0n) is 22.9. The Morgan fingerprint density at radius 1 is 1.02 bits per heavy atom. The number of aromatic nitrogens is 6. The van der Waals surface area contributed by atoms with Gasteiger partial charge in [-0.05, 0) is 55.1 Å². The van der Waals surface area contributed by atoms with E-state index in [1.165, 1.54) is 16.6 Å². The predicted octanol–water partition coefficient (Wildman–Crippen LogP) is 6.58. The molecule has 0 radical (unpaired) electrons. The van der Waals surface area contributed by atoms with Crippen LogP contribution < -0.4 is 4.74 Å². The van der Waals surface area contributed by atoms with Crippen LogP contribution in [0, 0.1) is 11.6 Å². The van der Waals surface area contributed by atoms with E-state index in [1.54, 1.807) is 0 Å². The molecule has 1 aliphatic rings. The van der Waals surface area contributed by atoms with Crippen LogP contribution in [0.2, 0.25) is 25.7 Å². The maximum Gasteiger partial charge on any atom is 0.235 e. The summed E-state index contributed by atoms with van der Waals surface area (Å²) in [7, 11) is -1.21. The van der Waals surface area contributed by atoms with Crippen LogP contribution in [0.4, 0.5) is 8.78 Å². The van der Waals surface area contributed by atoms with Crippen LogP contribution >= 0.6 is 0 Å². The van der Waals surface area contributed by atoms with E-state index < -0.39 is 19.7 Å². The molecule has 8 nitrogen and oxygen atoms in total. The van der Waals surface area contributed by atoms with E-state index in [1.807, 2.05) is 34.9 Å². The minimum atomic E-state index is -1.21. The highest BCUT2D eigenvalue weighted by atomic mass is 28.3. The van der Waals surface area contributed by atoms with Crippen molar-refractivity contribution in [1.82, 2.24) is 29.4 Å². The molecule has 3 heterocycles. The number of hydrogen-bond donors (Lipinski definition) is 0. The van der Waals surface area contributed by atoms with Gasteiger partial charge in [-0.2, -0.15) is 4.52 Å². The van der Waals surface area contributed by atoms with Gasteiger partial charge in [-0.15, -0.1) is 15.3 Å². The number of rotatable bonds is 10. The lowest BCUT2D eigenvalue weighted by Gasteiger charge is -2.27.